The summed E-state index contributed by atoms with van der Waals surface area (Å²) in [6.07, 6.45) is 1.63. The Balaban J connectivity index is 2.01. The molecule has 126 valence electrons. The molecule has 1 amide bonds. The van der Waals surface area contributed by atoms with Crippen LogP contribution in [-0.4, -0.2) is 28.8 Å². The van der Waals surface area contributed by atoms with Gasteiger partial charge in [0.05, 0.1) is 5.41 Å². The van der Waals surface area contributed by atoms with E-state index in [1.165, 1.54) is 0 Å². The van der Waals surface area contributed by atoms with Crippen LogP contribution in [0.15, 0.2) is 30.3 Å². The summed E-state index contributed by atoms with van der Waals surface area (Å²) in [4.78, 5) is 23.7. The van der Waals surface area contributed by atoms with Crippen molar-refractivity contribution in [3.63, 3.8) is 0 Å². The predicted octanol–water partition coefficient (Wildman–Crippen LogP) is 3.38. The van der Waals surface area contributed by atoms with Crippen molar-refractivity contribution in [1.29, 1.82) is 0 Å². The number of carbonyl (C=O) groups excluding carboxylic acids is 1. The number of hydrogen-bond acceptors (Lipinski definition) is 3. The Morgan fingerprint density at radius 1 is 1.30 bits per heavy atom. The van der Waals surface area contributed by atoms with Gasteiger partial charge in [-0.2, -0.15) is 0 Å². The van der Waals surface area contributed by atoms with Crippen molar-refractivity contribution in [2.24, 2.45) is 5.41 Å². The first-order valence-electron chi connectivity index (χ1n) is 7.97. The Kier molecular flexibility index (Phi) is 4.97. The zero-order valence-electron chi connectivity index (χ0n) is 14.0. The second-order valence-electron chi connectivity index (χ2n) is 7.33. The molecule has 5 nitrogen and oxygen atoms in total. The van der Waals surface area contributed by atoms with Crippen LogP contribution < -0.4 is 5.32 Å². The number of alkyl carbamates (subject to hydrolysis) is 1. The van der Waals surface area contributed by atoms with Gasteiger partial charge in [-0.25, -0.2) is 4.79 Å². The summed E-state index contributed by atoms with van der Waals surface area (Å²) < 4.78 is 5.25. The molecule has 0 spiro atoms. The predicted molar refractivity (Wildman–Crippen MR) is 87.2 cm³/mol. The highest BCUT2D eigenvalue weighted by molar-refractivity contribution is 5.76. The molecule has 0 heterocycles. The molecule has 1 aliphatic carbocycles. The number of benzene rings is 1. The molecule has 0 radical (unpaired) electrons. The van der Waals surface area contributed by atoms with Crippen LogP contribution in [0.25, 0.3) is 0 Å². The summed E-state index contributed by atoms with van der Waals surface area (Å²) in [5.74, 6) is -0.796. The van der Waals surface area contributed by atoms with Gasteiger partial charge in [-0.1, -0.05) is 30.3 Å². The van der Waals surface area contributed by atoms with Crippen molar-refractivity contribution >= 4 is 12.1 Å². The van der Waals surface area contributed by atoms with Gasteiger partial charge in [0, 0.05) is 6.04 Å². The molecular formula is C18H25NO4. The Bertz CT molecular complexity index is 564. The van der Waals surface area contributed by atoms with Crippen LogP contribution in [0.4, 0.5) is 4.79 Å². The van der Waals surface area contributed by atoms with Crippen LogP contribution in [0.3, 0.4) is 0 Å². The average molecular weight is 319 g/mol. The second kappa shape index (κ2) is 6.60. The molecule has 0 unspecified atom stereocenters. The van der Waals surface area contributed by atoms with E-state index in [4.69, 9.17) is 4.74 Å². The van der Waals surface area contributed by atoms with E-state index >= 15 is 0 Å². The first-order chi connectivity index (χ1) is 10.7. The van der Waals surface area contributed by atoms with E-state index in [0.717, 1.165) is 5.56 Å². The van der Waals surface area contributed by atoms with Crippen molar-refractivity contribution < 1.29 is 19.4 Å². The number of rotatable bonds is 4. The van der Waals surface area contributed by atoms with Crippen molar-refractivity contribution in [3.05, 3.63) is 35.9 Å². The van der Waals surface area contributed by atoms with Crippen LogP contribution in [-0.2, 0) is 16.0 Å². The number of carbonyl (C=O) groups is 2. The highest BCUT2D eigenvalue weighted by Crippen LogP contribution is 2.41. The van der Waals surface area contributed by atoms with Crippen molar-refractivity contribution in [1.82, 2.24) is 5.32 Å². The topological polar surface area (TPSA) is 75.6 Å². The lowest BCUT2D eigenvalue weighted by molar-refractivity contribution is -0.148. The van der Waals surface area contributed by atoms with E-state index in [1.54, 1.807) is 20.8 Å². The van der Waals surface area contributed by atoms with Crippen LogP contribution in [0.5, 0.6) is 0 Å². The van der Waals surface area contributed by atoms with Gasteiger partial charge in [0.2, 0.25) is 0 Å². The average Bonchev–Trinajstić information content (AvgIpc) is 2.82. The van der Waals surface area contributed by atoms with Gasteiger partial charge in [-0.15, -0.1) is 0 Å². The largest absolute Gasteiger partial charge is 0.481 e. The molecule has 0 saturated heterocycles. The molecule has 1 aliphatic rings. The van der Waals surface area contributed by atoms with Gasteiger partial charge in [-0.05, 0) is 52.0 Å². The summed E-state index contributed by atoms with van der Waals surface area (Å²) in [5, 5.41) is 12.5. The van der Waals surface area contributed by atoms with Gasteiger partial charge < -0.3 is 15.2 Å². The number of aliphatic carboxylic acids is 1. The molecular weight excluding hydrogens is 294 g/mol. The Morgan fingerprint density at radius 3 is 2.52 bits per heavy atom. The summed E-state index contributed by atoms with van der Waals surface area (Å²) in [7, 11) is 0. The molecule has 2 N–H and O–H groups in total. The number of hydrogen-bond donors (Lipinski definition) is 2. The fraction of sp³-hybridized carbons (Fsp3) is 0.556. The zero-order chi connectivity index (χ0) is 17.1. The third kappa shape index (κ3) is 4.71. The minimum atomic E-state index is -0.818. The maximum atomic E-state index is 11.9. The van der Waals surface area contributed by atoms with E-state index in [-0.39, 0.29) is 6.04 Å². The van der Waals surface area contributed by atoms with Crippen LogP contribution >= 0.6 is 0 Å². The summed E-state index contributed by atoms with van der Waals surface area (Å²) in [6, 6.07) is 9.47. The van der Waals surface area contributed by atoms with Gasteiger partial charge in [0.25, 0.3) is 0 Å². The number of amides is 1. The van der Waals surface area contributed by atoms with E-state index in [0.29, 0.717) is 25.7 Å². The lowest BCUT2D eigenvalue weighted by Gasteiger charge is -2.25. The molecule has 0 aliphatic heterocycles. The molecule has 2 atom stereocenters. The molecule has 2 rings (SSSR count). The molecule has 5 heteroatoms. The Hall–Kier alpha value is -2.04. The first-order valence-corrected chi connectivity index (χ1v) is 7.97. The third-order valence-corrected chi connectivity index (χ3v) is 4.17. The van der Waals surface area contributed by atoms with E-state index < -0.39 is 23.1 Å². The number of ether oxygens (including phenoxy) is 1. The molecule has 1 fully saturated rings. The van der Waals surface area contributed by atoms with Gasteiger partial charge in [0.15, 0.2) is 0 Å². The van der Waals surface area contributed by atoms with Crippen molar-refractivity contribution in [2.75, 3.05) is 0 Å². The molecule has 1 saturated carbocycles. The monoisotopic (exact) mass is 319 g/mol. The van der Waals surface area contributed by atoms with E-state index in [2.05, 4.69) is 5.32 Å². The summed E-state index contributed by atoms with van der Waals surface area (Å²) in [5.41, 5.74) is -0.370. The van der Waals surface area contributed by atoms with E-state index in [9.17, 15) is 14.7 Å². The molecule has 1 aromatic carbocycles. The maximum absolute atomic E-state index is 11.9. The lowest BCUT2D eigenvalue weighted by Crippen LogP contribution is -2.39. The highest BCUT2D eigenvalue weighted by Gasteiger charge is 2.46. The highest BCUT2D eigenvalue weighted by atomic mass is 16.6. The standard InChI is InChI=1S/C18H25NO4/c1-17(2,3)23-16(22)19-14-9-10-18(12-14,15(20)21)11-13-7-5-4-6-8-13/h4-8,14H,9-12H2,1-3H3,(H,19,22)(H,20,21)/t14-,18+/m1/s1. The van der Waals surface area contributed by atoms with Gasteiger partial charge >= 0.3 is 12.1 Å². The summed E-state index contributed by atoms with van der Waals surface area (Å²) in [6.45, 7) is 5.41. The van der Waals surface area contributed by atoms with Gasteiger partial charge in [0.1, 0.15) is 5.60 Å². The SMILES string of the molecule is CC(C)(C)OC(=O)N[C@@H]1CC[C@@](Cc2ccccc2)(C(=O)O)C1. The minimum absolute atomic E-state index is 0.162. The first kappa shape index (κ1) is 17.3. The van der Waals surface area contributed by atoms with Crippen LogP contribution in [0.1, 0.15) is 45.6 Å². The van der Waals surface area contributed by atoms with Crippen molar-refractivity contribution in [2.45, 2.75) is 58.1 Å². The maximum Gasteiger partial charge on any atom is 0.407 e. The quantitative estimate of drug-likeness (QED) is 0.892. The Labute approximate surface area is 137 Å². The van der Waals surface area contributed by atoms with E-state index in [1.807, 2.05) is 30.3 Å². The Morgan fingerprint density at radius 2 is 1.96 bits per heavy atom. The lowest BCUT2D eigenvalue weighted by atomic mass is 9.80. The van der Waals surface area contributed by atoms with Crippen LogP contribution in [0.2, 0.25) is 0 Å². The molecule has 0 bridgehead atoms. The van der Waals surface area contributed by atoms with Crippen molar-refractivity contribution in [3.8, 4) is 0 Å². The normalized spacial score (nSPS) is 24.2. The minimum Gasteiger partial charge on any atom is -0.481 e. The fourth-order valence-corrected chi connectivity index (χ4v) is 3.14. The van der Waals surface area contributed by atoms with Gasteiger partial charge in [-0.3, -0.25) is 4.79 Å². The number of nitrogens with one attached hydrogen (secondary N) is 1. The fourth-order valence-electron chi connectivity index (χ4n) is 3.14. The molecule has 23 heavy (non-hydrogen) atoms. The number of carboxylic acid groups (broad SMARTS) is 1. The zero-order valence-corrected chi connectivity index (χ0v) is 14.0. The summed E-state index contributed by atoms with van der Waals surface area (Å²) >= 11 is 0. The molecule has 0 aromatic heterocycles. The van der Waals surface area contributed by atoms with Crippen LogP contribution in [0, 0.1) is 5.41 Å². The smallest absolute Gasteiger partial charge is 0.407 e. The second-order valence-corrected chi connectivity index (χ2v) is 7.33. The third-order valence-electron chi connectivity index (χ3n) is 4.17. The molecule has 1 aromatic rings. The number of carboxylic acids is 1.